The number of hydrogen-bond donors (Lipinski definition) is 1. The van der Waals surface area contributed by atoms with Gasteiger partial charge in [-0.15, -0.1) is 11.3 Å². The van der Waals surface area contributed by atoms with Gasteiger partial charge in [-0.2, -0.15) is 0 Å². The summed E-state index contributed by atoms with van der Waals surface area (Å²) in [7, 11) is 0. The molecule has 114 valence electrons. The van der Waals surface area contributed by atoms with Gasteiger partial charge in [0.1, 0.15) is 0 Å². The molecule has 2 rings (SSSR count). The third-order valence-corrected chi connectivity index (χ3v) is 5.57. The van der Waals surface area contributed by atoms with Crippen molar-refractivity contribution in [3.63, 3.8) is 0 Å². The van der Waals surface area contributed by atoms with E-state index in [9.17, 15) is 0 Å². The highest BCUT2D eigenvalue weighted by atomic mass is 35.5. The van der Waals surface area contributed by atoms with Crippen LogP contribution >= 0.6 is 22.9 Å². The van der Waals surface area contributed by atoms with E-state index < -0.39 is 0 Å². The maximum Gasteiger partial charge on any atom is 0.0671 e. The van der Waals surface area contributed by atoms with E-state index in [0.29, 0.717) is 0 Å². The fraction of sp³-hybridized carbons (Fsp3) is 0.444. The first kappa shape index (κ1) is 16.5. The van der Waals surface area contributed by atoms with Crippen molar-refractivity contribution in [2.24, 2.45) is 0 Å². The van der Waals surface area contributed by atoms with E-state index in [2.05, 4.69) is 64.2 Å². The van der Waals surface area contributed by atoms with Crippen molar-refractivity contribution in [3.8, 4) is 0 Å². The van der Waals surface area contributed by atoms with Gasteiger partial charge < -0.3 is 5.32 Å². The number of thiophene rings is 1. The fourth-order valence-corrected chi connectivity index (χ4v) is 3.63. The first-order valence-electron chi connectivity index (χ1n) is 7.42. The van der Waals surface area contributed by atoms with E-state index in [1.165, 1.54) is 15.3 Å². The average molecular weight is 322 g/mol. The van der Waals surface area contributed by atoms with Gasteiger partial charge in [-0.3, -0.25) is 0 Å². The summed E-state index contributed by atoms with van der Waals surface area (Å²) in [6.07, 6.45) is 0. The Balaban J connectivity index is 2.38. The number of benzene rings is 1. The molecule has 1 atom stereocenters. The summed E-state index contributed by atoms with van der Waals surface area (Å²) in [6, 6.07) is 11.1. The molecule has 1 aromatic carbocycles. The lowest BCUT2D eigenvalue weighted by Gasteiger charge is -2.19. The summed E-state index contributed by atoms with van der Waals surface area (Å²) in [6.45, 7) is 11.9. The predicted molar refractivity (Wildman–Crippen MR) is 94.7 cm³/mol. The first-order chi connectivity index (χ1) is 9.82. The zero-order chi connectivity index (χ0) is 15.6. The highest BCUT2D eigenvalue weighted by molar-refractivity contribution is 7.12. The van der Waals surface area contributed by atoms with E-state index in [0.717, 1.165) is 17.1 Å². The number of halogens is 1. The Bertz CT molecular complexity index is 610. The molecule has 21 heavy (non-hydrogen) atoms. The molecule has 2 aromatic rings. The SMILES string of the molecule is CCNC(c1ccc(Cl)c(C)c1)c1ccc(C(C)(C)C)s1. The van der Waals surface area contributed by atoms with Crippen LogP contribution in [0.4, 0.5) is 0 Å². The summed E-state index contributed by atoms with van der Waals surface area (Å²) in [5, 5.41) is 4.42. The molecule has 1 unspecified atom stereocenters. The monoisotopic (exact) mass is 321 g/mol. The minimum Gasteiger partial charge on any atom is -0.306 e. The lowest BCUT2D eigenvalue weighted by atomic mass is 9.95. The minimum atomic E-state index is 0.204. The van der Waals surface area contributed by atoms with Crippen LogP contribution in [0.2, 0.25) is 5.02 Å². The molecule has 0 saturated carbocycles. The van der Waals surface area contributed by atoms with Crippen molar-refractivity contribution in [2.75, 3.05) is 6.54 Å². The van der Waals surface area contributed by atoms with Gasteiger partial charge in [0, 0.05) is 14.8 Å². The van der Waals surface area contributed by atoms with E-state index in [4.69, 9.17) is 11.6 Å². The fourth-order valence-electron chi connectivity index (χ4n) is 2.35. The summed E-state index contributed by atoms with van der Waals surface area (Å²) < 4.78 is 0. The quantitative estimate of drug-likeness (QED) is 0.761. The zero-order valence-corrected chi connectivity index (χ0v) is 15.0. The van der Waals surface area contributed by atoms with Gasteiger partial charge in [0.05, 0.1) is 6.04 Å². The van der Waals surface area contributed by atoms with Crippen LogP contribution in [0.3, 0.4) is 0 Å². The van der Waals surface area contributed by atoms with Crippen molar-refractivity contribution < 1.29 is 0 Å². The highest BCUT2D eigenvalue weighted by Gasteiger charge is 2.20. The normalized spacial score (nSPS) is 13.4. The summed E-state index contributed by atoms with van der Waals surface area (Å²) in [5.41, 5.74) is 2.61. The van der Waals surface area contributed by atoms with Gasteiger partial charge in [-0.05, 0) is 48.2 Å². The van der Waals surface area contributed by atoms with Crippen molar-refractivity contribution in [1.82, 2.24) is 5.32 Å². The average Bonchev–Trinajstić information content (AvgIpc) is 2.89. The second-order valence-electron chi connectivity index (χ2n) is 6.45. The standard InChI is InChI=1S/C18H24ClNS/c1-6-20-17(13-7-8-14(19)12(2)11-13)15-9-10-16(21-15)18(3,4)5/h7-11,17,20H,6H2,1-5H3. The third-order valence-electron chi connectivity index (χ3n) is 3.57. The van der Waals surface area contributed by atoms with Crippen LogP contribution in [0.5, 0.6) is 0 Å². The van der Waals surface area contributed by atoms with Crippen LogP contribution in [-0.2, 0) is 5.41 Å². The Kier molecular flexibility index (Phi) is 5.13. The second kappa shape index (κ2) is 6.51. The van der Waals surface area contributed by atoms with Crippen LogP contribution in [0, 0.1) is 6.92 Å². The van der Waals surface area contributed by atoms with Crippen molar-refractivity contribution in [3.05, 3.63) is 56.2 Å². The lowest BCUT2D eigenvalue weighted by molar-refractivity contribution is 0.604. The molecule has 1 nitrogen and oxygen atoms in total. The molecular formula is C18H24ClNS. The van der Waals surface area contributed by atoms with Gasteiger partial charge in [-0.1, -0.05) is 51.4 Å². The predicted octanol–water partition coefficient (Wildman–Crippen LogP) is 5.71. The molecule has 0 spiro atoms. The second-order valence-corrected chi connectivity index (χ2v) is 7.97. The Morgan fingerprint density at radius 3 is 2.43 bits per heavy atom. The minimum absolute atomic E-state index is 0.204. The third kappa shape index (κ3) is 3.88. The molecule has 1 aromatic heterocycles. The smallest absolute Gasteiger partial charge is 0.0671 e. The maximum absolute atomic E-state index is 6.15. The maximum atomic E-state index is 6.15. The van der Waals surface area contributed by atoms with Crippen molar-refractivity contribution in [2.45, 2.75) is 46.1 Å². The highest BCUT2D eigenvalue weighted by Crippen LogP contribution is 2.35. The molecule has 3 heteroatoms. The van der Waals surface area contributed by atoms with Gasteiger partial charge in [0.25, 0.3) is 0 Å². The van der Waals surface area contributed by atoms with Gasteiger partial charge in [0.2, 0.25) is 0 Å². The summed E-state index contributed by atoms with van der Waals surface area (Å²) in [5.74, 6) is 0. The Hall–Kier alpha value is -0.830. The molecule has 0 aliphatic rings. The number of hydrogen-bond acceptors (Lipinski definition) is 2. The van der Waals surface area contributed by atoms with Crippen molar-refractivity contribution in [1.29, 1.82) is 0 Å². The molecule has 1 heterocycles. The number of aryl methyl sites for hydroxylation is 1. The zero-order valence-electron chi connectivity index (χ0n) is 13.5. The van der Waals surface area contributed by atoms with Crippen molar-refractivity contribution >= 4 is 22.9 Å². The van der Waals surface area contributed by atoms with Gasteiger partial charge in [-0.25, -0.2) is 0 Å². The molecule has 0 bridgehead atoms. The van der Waals surface area contributed by atoms with Crippen LogP contribution in [0.25, 0.3) is 0 Å². The summed E-state index contributed by atoms with van der Waals surface area (Å²) in [4.78, 5) is 2.79. The molecule has 1 N–H and O–H groups in total. The Labute approximate surface area is 137 Å². The van der Waals surface area contributed by atoms with E-state index in [1.54, 1.807) is 0 Å². The molecule has 0 saturated heterocycles. The molecule has 0 radical (unpaired) electrons. The summed E-state index contributed by atoms with van der Waals surface area (Å²) >= 11 is 8.05. The van der Waals surface area contributed by atoms with Crippen LogP contribution < -0.4 is 5.32 Å². The topological polar surface area (TPSA) is 12.0 Å². The van der Waals surface area contributed by atoms with Crippen LogP contribution in [0.1, 0.15) is 54.6 Å². The van der Waals surface area contributed by atoms with Gasteiger partial charge >= 0.3 is 0 Å². The van der Waals surface area contributed by atoms with E-state index in [1.807, 2.05) is 17.4 Å². The van der Waals surface area contributed by atoms with E-state index >= 15 is 0 Å². The van der Waals surface area contributed by atoms with Crippen LogP contribution in [-0.4, -0.2) is 6.54 Å². The molecule has 0 amide bonds. The molecule has 0 fully saturated rings. The Morgan fingerprint density at radius 1 is 1.19 bits per heavy atom. The number of nitrogens with one attached hydrogen (secondary N) is 1. The first-order valence-corrected chi connectivity index (χ1v) is 8.62. The lowest BCUT2D eigenvalue weighted by Crippen LogP contribution is -2.21. The molecular weight excluding hydrogens is 298 g/mol. The number of rotatable bonds is 4. The largest absolute Gasteiger partial charge is 0.306 e. The van der Waals surface area contributed by atoms with Crippen LogP contribution in [0.15, 0.2) is 30.3 Å². The van der Waals surface area contributed by atoms with E-state index in [-0.39, 0.29) is 11.5 Å². The Morgan fingerprint density at radius 2 is 1.90 bits per heavy atom. The molecule has 0 aliphatic heterocycles. The molecule has 0 aliphatic carbocycles. The van der Waals surface area contributed by atoms with Gasteiger partial charge in [0.15, 0.2) is 0 Å².